The van der Waals surface area contributed by atoms with Crippen molar-refractivity contribution < 1.29 is 4.79 Å². The highest BCUT2D eigenvalue weighted by Crippen LogP contribution is 2.21. The zero-order valence-electron chi connectivity index (χ0n) is 14.9. The summed E-state index contributed by atoms with van der Waals surface area (Å²) in [7, 11) is 3.47. The molecule has 2 aromatic rings. The first-order chi connectivity index (χ1) is 12.1. The molecule has 1 fully saturated rings. The lowest BCUT2D eigenvalue weighted by atomic mass is 9.93. The van der Waals surface area contributed by atoms with Crippen LogP contribution in [0.4, 0.5) is 0 Å². The summed E-state index contributed by atoms with van der Waals surface area (Å²) in [6.07, 6.45) is 6.61. The Morgan fingerprint density at radius 1 is 1.24 bits per heavy atom. The highest BCUT2D eigenvalue weighted by atomic mass is 16.2. The first-order valence-corrected chi connectivity index (χ1v) is 8.76. The average molecular weight is 339 g/mol. The second-order valence-electron chi connectivity index (χ2n) is 6.86. The van der Waals surface area contributed by atoms with Crippen molar-refractivity contribution in [3.05, 3.63) is 53.9 Å². The molecule has 1 aliphatic rings. The number of carbonyl (C=O) groups excluding carboxylic acids is 1. The molecular weight excluding hydrogens is 314 g/mol. The highest BCUT2D eigenvalue weighted by Gasteiger charge is 2.21. The second kappa shape index (κ2) is 8.16. The van der Waals surface area contributed by atoms with E-state index in [0.29, 0.717) is 11.6 Å². The third kappa shape index (κ3) is 4.82. The van der Waals surface area contributed by atoms with Gasteiger partial charge in [0.25, 0.3) is 5.91 Å². The number of aromatic nitrogens is 3. The molecule has 1 amide bonds. The van der Waals surface area contributed by atoms with Gasteiger partial charge in [-0.1, -0.05) is 6.07 Å². The quantitative estimate of drug-likeness (QED) is 0.834. The molecule has 25 heavy (non-hydrogen) atoms. The summed E-state index contributed by atoms with van der Waals surface area (Å²) in [5.41, 5.74) is 2.53. The number of nitrogens with zero attached hydrogens (tertiary/aromatic N) is 5. The summed E-state index contributed by atoms with van der Waals surface area (Å²) in [6.45, 7) is 3.05. The van der Waals surface area contributed by atoms with E-state index in [2.05, 4.69) is 25.9 Å². The number of piperidine rings is 1. The van der Waals surface area contributed by atoms with Crippen molar-refractivity contribution in [2.45, 2.75) is 25.8 Å². The van der Waals surface area contributed by atoms with Gasteiger partial charge in [0.05, 0.1) is 5.69 Å². The Morgan fingerprint density at radius 3 is 2.88 bits per heavy atom. The van der Waals surface area contributed by atoms with E-state index in [9.17, 15) is 4.79 Å². The molecule has 6 heteroatoms. The van der Waals surface area contributed by atoms with Crippen molar-refractivity contribution in [1.82, 2.24) is 24.8 Å². The maximum absolute atomic E-state index is 12.1. The van der Waals surface area contributed by atoms with E-state index >= 15 is 0 Å². The number of carbonyl (C=O) groups is 1. The van der Waals surface area contributed by atoms with Gasteiger partial charge >= 0.3 is 0 Å². The Hall–Kier alpha value is -2.34. The van der Waals surface area contributed by atoms with Crippen LogP contribution in [-0.2, 0) is 13.0 Å². The van der Waals surface area contributed by atoms with Gasteiger partial charge in [-0.25, -0.2) is 9.97 Å². The number of amides is 1. The lowest BCUT2D eigenvalue weighted by Gasteiger charge is -2.32. The number of hydrogen-bond donors (Lipinski definition) is 0. The van der Waals surface area contributed by atoms with Crippen LogP contribution in [-0.4, -0.2) is 57.8 Å². The van der Waals surface area contributed by atoms with Crippen LogP contribution < -0.4 is 0 Å². The molecule has 1 aliphatic heterocycles. The molecule has 0 saturated carbocycles. The minimum atomic E-state index is -0.0796. The molecule has 3 rings (SSSR count). The Kier molecular flexibility index (Phi) is 5.71. The minimum Gasteiger partial charge on any atom is -0.343 e. The second-order valence-corrected chi connectivity index (χ2v) is 6.86. The van der Waals surface area contributed by atoms with E-state index < -0.39 is 0 Å². The Bertz CT molecular complexity index is 704. The summed E-state index contributed by atoms with van der Waals surface area (Å²) in [5.74, 6) is 0.471. The fourth-order valence-electron chi connectivity index (χ4n) is 3.33. The van der Waals surface area contributed by atoms with Crippen LogP contribution >= 0.6 is 0 Å². The van der Waals surface area contributed by atoms with Crippen molar-refractivity contribution in [3.8, 4) is 0 Å². The van der Waals surface area contributed by atoms with E-state index in [0.717, 1.165) is 37.4 Å². The van der Waals surface area contributed by atoms with Gasteiger partial charge in [0.1, 0.15) is 12.0 Å². The fourth-order valence-corrected chi connectivity index (χ4v) is 3.33. The molecule has 0 bridgehead atoms. The van der Waals surface area contributed by atoms with E-state index in [1.54, 1.807) is 19.0 Å². The number of hydrogen-bond acceptors (Lipinski definition) is 5. The van der Waals surface area contributed by atoms with Crippen LogP contribution in [0.25, 0.3) is 0 Å². The van der Waals surface area contributed by atoms with Gasteiger partial charge < -0.3 is 4.90 Å². The average Bonchev–Trinajstić information content (AvgIpc) is 2.62. The van der Waals surface area contributed by atoms with Gasteiger partial charge in [0, 0.05) is 39.1 Å². The van der Waals surface area contributed by atoms with Crippen molar-refractivity contribution in [2.24, 2.45) is 5.92 Å². The first-order valence-electron chi connectivity index (χ1n) is 8.76. The molecule has 0 aromatic carbocycles. The maximum Gasteiger partial charge on any atom is 0.272 e. The zero-order valence-corrected chi connectivity index (χ0v) is 14.9. The summed E-state index contributed by atoms with van der Waals surface area (Å²) in [5, 5.41) is 0. The maximum atomic E-state index is 12.1. The van der Waals surface area contributed by atoms with E-state index in [-0.39, 0.29) is 5.91 Å². The summed E-state index contributed by atoms with van der Waals surface area (Å²) >= 11 is 0. The zero-order chi connectivity index (χ0) is 17.6. The van der Waals surface area contributed by atoms with E-state index in [1.165, 1.54) is 19.2 Å². The predicted octanol–water partition coefficient (Wildman–Crippen LogP) is 2.03. The Balaban J connectivity index is 1.61. The third-order valence-corrected chi connectivity index (χ3v) is 4.56. The molecule has 6 nitrogen and oxygen atoms in total. The molecule has 0 radical (unpaired) electrons. The number of likely N-dealkylation sites (tertiary alicyclic amines) is 1. The molecule has 132 valence electrons. The lowest BCUT2D eigenvalue weighted by Crippen LogP contribution is -2.36. The Labute approximate surface area is 148 Å². The molecule has 1 unspecified atom stereocenters. The van der Waals surface area contributed by atoms with Crippen LogP contribution in [0, 0.1) is 5.92 Å². The van der Waals surface area contributed by atoms with Crippen LogP contribution in [0.3, 0.4) is 0 Å². The smallest absolute Gasteiger partial charge is 0.272 e. The standard InChI is InChI=1S/C19H25N5O/c1-23(2)19(25)18-11-17(21-14-22-18)10-15-6-5-9-24(12-15)13-16-7-3-4-8-20-16/h3-4,7-8,11,14-15H,5-6,9-10,12-13H2,1-2H3. The van der Waals surface area contributed by atoms with Crippen LogP contribution in [0.5, 0.6) is 0 Å². The van der Waals surface area contributed by atoms with E-state index in [1.807, 2.05) is 24.4 Å². The van der Waals surface area contributed by atoms with Crippen LogP contribution in [0.2, 0.25) is 0 Å². The topological polar surface area (TPSA) is 62.2 Å². The SMILES string of the molecule is CN(C)C(=O)c1cc(CC2CCCN(Cc3ccccn3)C2)ncn1. The fraction of sp³-hybridized carbons (Fsp3) is 0.474. The van der Waals surface area contributed by atoms with Crippen molar-refractivity contribution in [2.75, 3.05) is 27.2 Å². The molecule has 2 aromatic heterocycles. The first kappa shape index (κ1) is 17.5. The summed E-state index contributed by atoms with van der Waals surface area (Å²) in [6, 6.07) is 7.89. The van der Waals surface area contributed by atoms with E-state index in [4.69, 9.17) is 0 Å². The van der Waals surface area contributed by atoms with Crippen LogP contribution in [0.15, 0.2) is 36.8 Å². The molecule has 1 atom stereocenters. The molecule has 3 heterocycles. The predicted molar refractivity (Wildman–Crippen MR) is 96.0 cm³/mol. The van der Waals surface area contributed by atoms with Crippen molar-refractivity contribution in [3.63, 3.8) is 0 Å². The number of rotatable bonds is 5. The van der Waals surface area contributed by atoms with Gasteiger partial charge in [0.15, 0.2) is 0 Å². The molecule has 0 N–H and O–H groups in total. The molecular formula is C19H25N5O. The monoisotopic (exact) mass is 339 g/mol. The lowest BCUT2D eigenvalue weighted by molar-refractivity contribution is 0.0821. The van der Waals surface area contributed by atoms with Gasteiger partial charge in [-0.15, -0.1) is 0 Å². The van der Waals surface area contributed by atoms with Crippen molar-refractivity contribution in [1.29, 1.82) is 0 Å². The Morgan fingerprint density at radius 2 is 2.12 bits per heavy atom. The van der Waals surface area contributed by atoms with Gasteiger partial charge in [-0.2, -0.15) is 0 Å². The van der Waals surface area contributed by atoms with Gasteiger partial charge in [0.2, 0.25) is 0 Å². The van der Waals surface area contributed by atoms with Gasteiger partial charge in [-0.3, -0.25) is 14.7 Å². The van der Waals surface area contributed by atoms with Crippen LogP contribution in [0.1, 0.15) is 34.7 Å². The highest BCUT2D eigenvalue weighted by molar-refractivity contribution is 5.91. The normalized spacial score (nSPS) is 18.1. The number of pyridine rings is 1. The van der Waals surface area contributed by atoms with Gasteiger partial charge in [-0.05, 0) is 49.9 Å². The summed E-state index contributed by atoms with van der Waals surface area (Å²) in [4.78, 5) is 29.0. The largest absolute Gasteiger partial charge is 0.343 e. The molecule has 1 saturated heterocycles. The minimum absolute atomic E-state index is 0.0796. The van der Waals surface area contributed by atoms with Crippen molar-refractivity contribution >= 4 is 5.91 Å². The third-order valence-electron chi connectivity index (χ3n) is 4.56. The molecule has 0 aliphatic carbocycles. The molecule has 0 spiro atoms. The summed E-state index contributed by atoms with van der Waals surface area (Å²) < 4.78 is 0.